The minimum Gasteiger partial charge on any atom is -0.365 e. The molecule has 2 fully saturated rings. The van der Waals surface area contributed by atoms with Crippen LogP contribution in [-0.2, 0) is 6.54 Å². The van der Waals surface area contributed by atoms with Crippen molar-refractivity contribution in [3.63, 3.8) is 0 Å². The molecule has 2 N–H and O–H groups in total. The Morgan fingerprint density at radius 2 is 1.87 bits per heavy atom. The fourth-order valence-corrected chi connectivity index (χ4v) is 5.84. The molecule has 0 amide bonds. The van der Waals surface area contributed by atoms with Gasteiger partial charge in [-0.3, -0.25) is 4.98 Å². The number of rotatable bonds is 8. The molecule has 0 aliphatic heterocycles. The Morgan fingerprint density at radius 3 is 2.55 bits per heavy atom. The highest BCUT2D eigenvalue weighted by Crippen LogP contribution is 2.36. The smallest absolute Gasteiger partial charge is 0.217 e. The molecule has 4 aromatic rings. The highest BCUT2D eigenvalue weighted by molar-refractivity contribution is 5.88. The predicted octanol–water partition coefficient (Wildman–Crippen LogP) is 5.62. The second-order valence-corrected chi connectivity index (χ2v) is 11.7. The van der Waals surface area contributed by atoms with Gasteiger partial charge in [-0.05, 0) is 84.4 Å². The summed E-state index contributed by atoms with van der Waals surface area (Å²) in [6, 6.07) is 4.56. The highest BCUT2D eigenvalue weighted by atomic mass is 15.5. The number of imidazole rings is 1. The number of hydrogen-bond donors (Lipinski definition) is 2. The first-order valence-corrected chi connectivity index (χ1v) is 14.2. The summed E-state index contributed by atoms with van der Waals surface area (Å²) in [5.41, 5.74) is 3.71. The van der Waals surface area contributed by atoms with Crippen LogP contribution in [0.25, 0.3) is 34.3 Å². The summed E-state index contributed by atoms with van der Waals surface area (Å²) in [6.45, 7) is 9.92. The Kier molecular flexibility index (Phi) is 6.80. The molecule has 1 atom stereocenters. The average molecular weight is 515 g/mol. The average Bonchev–Trinajstić information content (AvgIpc) is 3.53. The van der Waals surface area contributed by atoms with Crippen LogP contribution in [0.5, 0.6) is 0 Å². The summed E-state index contributed by atoms with van der Waals surface area (Å²) >= 11 is 0. The molecule has 10 heteroatoms. The van der Waals surface area contributed by atoms with Crippen molar-refractivity contribution in [1.29, 1.82) is 0 Å². The van der Waals surface area contributed by atoms with Crippen molar-refractivity contribution in [3.05, 3.63) is 23.9 Å². The fourth-order valence-electron chi connectivity index (χ4n) is 5.84. The second kappa shape index (κ2) is 10.4. The molecule has 6 rings (SSSR count). The zero-order chi connectivity index (χ0) is 26.2. The fraction of sp³-hybridized carbons (Fsp3) is 0.607. The molecule has 2 aliphatic carbocycles. The summed E-state index contributed by atoms with van der Waals surface area (Å²) in [7, 11) is 0. The van der Waals surface area contributed by atoms with Crippen LogP contribution >= 0.6 is 0 Å². The molecule has 0 aromatic carbocycles. The van der Waals surface area contributed by atoms with Crippen LogP contribution in [0.4, 0.5) is 5.82 Å². The molecule has 38 heavy (non-hydrogen) atoms. The van der Waals surface area contributed by atoms with E-state index < -0.39 is 0 Å². The number of H-pyrrole nitrogens is 1. The first-order chi connectivity index (χ1) is 18.5. The third-order valence-electron chi connectivity index (χ3n) is 8.64. The van der Waals surface area contributed by atoms with Gasteiger partial charge in [0.1, 0.15) is 11.2 Å². The molecule has 2 saturated carbocycles. The quantitative estimate of drug-likeness (QED) is 0.311. The molecule has 0 saturated heterocycles. The molecule has 4 heterocycles. The number of nitrogens with zero attached hydrogens (tertiary/aromatic N) is 8. The van der Waals surface area contributed by atoms with Gasteiger partial charge in [-0.25, -0.2) is 20.1 Å². The van der Waals surface area contributed by atoms with E-state index in [1.54, 1.807) is 0 Å². The van der Waals surface area contributed by atoms with E-state index in [0.717, 1.165) is 35.3 Å². The first-order valence-electron chi connectivity index (χ1n) is 14.2. The maximum Gasteiger partial charge on any atom is 0.217 e. The van der Waals surface area contributed by atoms with E-state index in [4.69, 9.17) is 19.9 Å². The maximum absolute atomic E-state index is 5.11. The van der Waals surface area contributed by atoms with Gasteiger partial charge < -0.3 is 9.88 Å². The van der Waals surface area contributed by atoms with Crippen molar-refractivity contribution < 1.29 is 0 Å². The molecule has 0 unspecified atom stereocenters. The summed E-state index contributed by atoms with van der Waals surface area (Å²) < 4.78 is 2.33. The van der Waals surface area contributed by atoms with Gasteiger partial charge in [-0.2, -0.15) is 0 Å². The largest absolute Gasteiger partial charge is 0.365 e. The lowest BCUT2D eigenvalue weighted by Crippen LogP contribution is -2.31. The van der Waals surface area contributed by atoms with E-state index in [1.165, 1.54) is 50.5 Å². The lowest BCUT2D eigenvalue weighted by Gasteiger charge is -2.32. The van der Waals surface area contributed by atoms with Crippen LogP contribution in [0.1, 0.15) is 84.1 Å². The normalized spacial score (nSPS) is 21.1. The monoisotopic (exact) mass is 514 g/mol. The molecular formula is C28H38N10. The Morgan fingerprint density at radius 1 is 1.05 bits per heavy atom. The van der Waals surface area contributed by atoms with Crippen molar-refractivity contribution >= 4 is 17.0 Å². The van der Waals surface area contributed by atoms with E-state index >= 15 is 0 Å². The van der Waals surface area contributed by atoms with E-state index in [9.17, 15) is 0 Å². The minimum atomic E-state index is 0.298. The van der Waals surface area contributed by atoms with Gasteiger partial charge in [-0.15, -0.1) is 5.10 Å². The molecule has 0 spiro atoms. The lowest BCUT2D eigenvalue weighted by atomic mass is 9.80. The summed E-state index contributed by atoms with van der Waals surface area (Å²) in [4.78, 5) is 19.7. The number of tetrazole rings is 1. The van der Waals surface area contributed by atoms with Crippen LogP contribution in [0.2, 0.25) is 0 Å². The van der Waals surface area contributed by atoms with E-state index in [0.29, 0.717) is 41.1 Å². The predicted molar refractivity (Wildman–Crippen MR) is 147 cm³/mol. The number of pyridine rings is 1. The standard InChI is InChI=1S/C28H38N10/c1-16(2)21-12-13-29-22(14-21)28-33-25-23(38(28)15-19-10-8-17(3)9-11-19)24(30-18(4)20-6-5-7-20)31-26(32-25)27-34-36-37-35-27/h12-14,16-20H,5-11,15H2,1-4H3,(H,30,31,32)(H,34,35,36,37)/t17-,18-,19-/m1/s1. The number of hydrogen-bond acceptors (Lipinski definition) is 8. The Labute approximate surface area is 223 Å². The highest BCUT2D eigenvalue weighted by Gasteiger charge is 2.29. The number of nitrogens with one attached hydrogen (secondary N) is 2. The molecule has 10 nitrogen and oxygen atoms in total. The van der Waals surface area contributed by atoms with Crippen molar-refractivity contribution in [3.8, 4) is 23.2 Å². The van der Waals surface area contributed by atoms with Crippen molar-refractivity contribution in [2.24, 2.45) is 17.8 Å². The van der Waals surface area contributed by atoms with Crippen molar-refractivity contribution in [1.82, 2.24) is 45.1 Å². The third-order valence-corrected chi connectivity index (χ3v) is 8.64. The number of aromatic amines is 1. The Balaban J connectivity index is 1.51. The van der Waals surface area contributed by atoms with Crippen LogP contribution in [0, 0.1) is 17.8 Å². The number of anilines is 1. The number of fused-ring (bicyclic) bond motifs is 1. The molecule has 200 valence electrons. The topological polar surface area (TPSA) is 123 Å². The SMILES string of the molecule is CC(C)c1ccnc(-c2nc3nc(-c4nnn[nH]4)nc(N[C@H](C)C4CCC4)c3n2C[C@H]2CC[C@H](C)CC2)c1. The van der Waals surface area contributed by atoms with Gasteiger partial charge in [0.15, 0.2) is 17.3 Å². The third kappa shape index (κ3) is 4.88. The lowest BCUT2D eigenvalue weighted by molar-refractivity contribution is 0.267. The van der Waals surface area contributed by atoms with Gasteiger partial charge in [0.25, 0.3) is 0 Å². The van der Waals surface area contributed by atoms with Crippen LogP contribution < -0.4 is 5.32 Å². The zero-order valence-electron chi connectivity index (χ0n) is 22.9. The Hall–Kier alpha value is -3.43. The van der Waals surface area contributed by atoms with E-state index in [2.05, 4.69) is 70.3 Å². The minimum absolute atomic E-state index is 0.298. The summed E-state index contributed by atoms with van der Waals surface area (Å²) in [5, 5.41) is 18.1. The van der Waals surface area contributed by atoms with Crippen LogP contribution in [-0.4, -0.2) is 51.2 Å². The molecule has 0 radical (unpaired) electrons. The maximum atomic E-state index is 5.11. The zero-order valence-corrected chi connectivity index (χ0v) is 22.9. The summed E-state index contributed by atoms with van der Waals surface area (Å²) in [6.07, 6.45) is 10.7. The van der Waals surface area contributed by atoms with Crippen molar-refractivity contribution in [2.45, 2.75) is 91.1 Å². The Bertz CT molecular complexity index is 1380. The van der Waals surface area contributed by atoms with Crippen LogP contribution in [0.15, 0.2) is 18.3 Å². The summed E-state index contributed by atoms with van der Waals surface area (Å²) in [5.74, 6) is 4.96. The first kappa shape index (κ1) is 24.9. The van der Waals surface area contributed by atoms with Crippen LogP contribution in [0.3, 0.4) is 0 Å². The van der Waals surface area contributed by atoms with Gasteiger partial charge in [-0.1, -0.05) is 40.0 Å². The molecule has 0 bridgehead atoms. The molecule has 2 aliphatic rings. The van der Waals surface area contributed by atoms with Gasteiger partial charge in [0.2, 0.25) is 11.6 Å². The van der Waals surface area contributed by atoms with Gasteiger partial charge >= 0.3 is 0 Å². The second-order valence-electron chi connectivity index (χ2n) is 11.7. The van der Waals surface area contributed by atoms with Crippen molar-refractivity contribution in [2.75, 3.05) is 5.32 Å². The number of aromatic nitrogens is 9. The van der Waals surface area contributed by atoms with E-state index in [-0.39, 0.29) is 0 Å². The molecular weight excluding hydrogens is 476 g/mol. The molecule has 4 aromatic heterocycles. The van der Waals surface area contributed by atoms with Gasteiger partial charge in [0, 0.05) is 18.8 Å². The van der Waals surface area contributed by atoms with Gasteiger partial charge in [0.05, 0.1) is 0 Å². The van der Waals surface area contributed by atoms with E-state index in [1.807, 2.05) is 6.20 Å².